The molecule has 2 heterocycles. The van der Waals surface area contributed by atoms with Gasteiger partial charge in [0.15, 0.2) is 0 Å². The third-order valence-corrected chi connectivity index (χ3v) is 2.54. The van der Waals surface area contributed by atoms with E-state index >= 15 is 0 Å². The quantitative estimate of drug-likeness (QED) is 0.882. The second-order valence-electron chi connectivity index (χ2n) is 3.94. The van der Waals surface area contributed by atoms with Crippen LogP contribution in [-0.4, -0.2) is 20.4 Å². The van der Waals surface area contributed by atoms with Gasteiger partial charge in [-0.05, 0) is 19.9 Å². The molecule has 17 heavy (non-hydrogen) atoms. The first kappa shape index (κ1) is 11.7. The number of H-pyrrole nitrogens is 1. The zero-order valence-electron chi connectivity index (χ0n) is 9.57. The molecule has 90 valence electrons. The third kappa shape index (κ3) is 2.50. The monoisotopic (exact) mass is 252 g/mol. The van der Waals surface area contributed by atoms with Crippen molar-refractivity contribution in [3.8, 4) is 0 Å². The van der Waals surface area contributed by atoms with Gasteiger partial charge in [0.2, 0.25) is 5.95 Å². The van der Waals surface area contributed by atoms with Gasteiger partial charge in [-0.25, -0.2) is 4.98 Å². The largest absolute Gasteiger partial charge is 0.339 e. The fourth-order valence-electron chi connectivity index (χ4n) is 1.56. The molecule has 0 aromatic carbocycles. The fourth-order valence-corrected chi connectivity index (χ4v) is 1.77. The maximum Gasteiger partial charge on any atom is 0.274 e. The van der Waals surface area contributed by atoms with Gasteiger partial charge in [0.25, 0.3) is 5.91 Å². The fraction of sp³-hybridized carbons (Fsp3) is 0.273. The summed E-state index contributed by atoms with van der Waals surface area (Å²) >= 11 is 5.91. The van der Waals surface area contributed by atoms with Crippen molar-refractivity contribution >= 4 is 23.5 Å². The molecule has 0 aliphatic rings. The van der Waals surface area contributed by atoms with Crippen LogP contribution in [0.1, 0.15) is 30.4 Å². The summed E-state index contributed by atoms with van der Waals surface area (Å²) in [6, 6.07) is 1.81. The van der Waals surface area contributed by atoms with Crippen LogP contribution in [0.15, 0.2) is 24.7 Å². The Morgan fingerprint density at radius 2 is 2.35 bits per heavy atom. The van der Waals surface area contributed by atoms with Crippen LogP contribution in [0.5, 0.6) is 0 Å². The lowest BCUT2D eigenvalue weighted by molar-refractivity contribution is 0.101. The normalized spacial score (nSPS) is 10.8. The summed E-state index contributed by atoms with van der Waals surface area (Å²) in [7, 11) is 0. The lowest BCUT2D eigenvalue weighted by atomic mass is 10.3. The first-order valence-corrected chi connectivity index (χ1v) is 5.64. The Morgan fingerprint density at radius 1 is 1.59 bits per heavy atom. The standard InChI is InChI=1S/C11H13ClN4O/c1-7(2)16-6-8(12)5-9(16)10(17)15-11-13-3-4-14-11/h3-7H,1-2H3,(H2,13,14,15,17). The minimum atomic E-state index is -0.236. The van der Waals surface area contributed by atoms with E-state index < -0.39 is 0 Å². The first-order chi connectivity index (χ1) is 8.08. The Morgan fingerprint density at radius 3 is 2.94 bits per heavy atom. The van der Waals surface area contributed by atoms with Crippen LogP contribution >= 0.6 is 11.6 Å². The van der Waals surface area contributed by atoms with Gasteiger partial charge >= 0.3 is 0 Å². The molecule has 2 aromatic rings. The van der Waals surface area contributed by atoms with Crippen molar-refractivity contribution in [3.05, 3.63) is 35.4 Å². The van der Waals surface area contributed by atoms with Crippen LogP contribution in [0.2, 0.25) is 5.02 Å². The molecule has 5 nitrogen and oxygen atoms in total. The van der Waals surface area contributed by atoms with E-state index in [9.17, 15) is 4.79 Å². The average molecular weight is 253 g/mol. The van der Waals surface area contributed by atoms with Crippen LogP contribution in [-0.2, 0) is 0 Å². The van der Waals surface area contributed by atoms with Gasteiger partial charge in [0.1, 0.15) is 5.69 Å². The van der Waals surface area contributed by atoms with Crippen LogP contribution in [0.3, 0.4) is 0 Å². The van der Waals surface area contributed by atoms with Gasteiger partial charge in [-0.2, -0.15) is 0 Å². The number of aromatic amines is 1. The number of hydrogen-bond donors (Lipinski definition) is 2. The van der Waals surface area contributed by atoms with Crippen LogP contribution < -0.4 is 5.32 Å². The van der Waals surface area contributed by atoms with Crippen LogP contribution in [0.25, 0.3) is 0 Å². The molecule has 0 saturated carbocycles. The molecule has 2 N–H and O–H groups in total. The van der Waals surface area contributed by atoms with Gasteiger partial charge in [-0.3, -0.25) is 10.1 Å². The molecule has 0 saturated heterocycles. The highest BCUT2D eigenvalue weighted by molar-refractivity contribution is 6.31. The van der Waals surface area contributed by atoms with E-state index in [4.69, 9.17) is 11.6 Å². The summed E-state index contributed by atoms with van der Waals surface area (Å²) in [5, 5.41) is 3.21. The summed E-state index contributed by atoms with van der Waals surface area (Å²) in [5.41, 5.74) is 0.515. The first-order valence-electron chi connectivity index (χ1n) is 5.26. The highest BCUT2D eigenvalue weighted by Crippen LogP contribution is 2.19. The molecular formula is C11H13ClN4O. The lowest BCUT2D eigenvalue weighted by Crippen LogP contribution is -2.18. The number of halogens is 1. The van der Waals surface area contributed by atoms with E-state index in [0.717, 1.165) is 0 Å². The van der Waals surface area contributed by atoms with Gasteiger partial charge in [-0.1, -0.05) is 11.6 Å². The third-order valence-electron chi connectivity index (χ3n) is 2.33. The zero-order valence-corrected chi connectivity index (χ0v) is 10.3. The Kier molecular flexibility index (Phi) is 3.19. The van der Waals surface area contributed by atoms with Crippen LogP contribution in [0.4, 0.5) is 5.95 Å². The van der Waals surface area contributed by atoms with Crippen molar-refractivity contribution in [1.82, 2.24) is 14.5 Å². The van der Waals surface area contributed by atoms with Crippen molar-refractivity contribution in [1.29, 1.82) is 0 Å². The second-order valence-corrected chi connectivity index (χ2v) is 4.37. The molecule has 2 aromatic heterocycles. The molecule has 0 fully saturated rings. The summed E-state index contributed by atoms with van der Waals surface area (Å²) in [4.78, 5) is 18.7. The lowest BCUT2D eigenvalue weighted by Gasteiger charge is -2.11. The number of aromatic nitrogens is 3. The van der Waals surface area contributed by atoms with Crippen molar-refractivity contribution < 1.29 is 4.79 Å². The summed E-state index contributed by atoms with van der Waals surface area (Å²) in [6.07, 6.45) is 4.96. The summed E-state index contributed by atoms with van der Waals surface area (Å²) in [6.45, 7) is 3.97. The molecule has 0 unspecified atom stereocenters. The van der Waals surface area contributed by atoms with Crippen molar-refractivity contribution in [2.24, 2.45) is 0 Å². The molecule has 2 rings (SSSR count). The maximum absolute atomic E-state index is 12.0. The van der Waals surface area contributed by atoms with Gasteiger partial charge < -0.3 is 9.55 Å². The Balaban J connectivity index is 2.24. The summed E-state index contributed by atoms with van der Waals surface area (Å²) < 4.78 is 1.82. The zero-order chi connectivity index (χ0) is 12.4. The van der Waals surface area contributed by atoms with Gasteiger partial charge in [0.05, 0.1) is 5.02 Å². The van der Waals surface area contributed by atoms with E-state index in [2.05, 4.69) is 15.3 Å². The highest BCUT2D eigenvalue weighted by atomic mass is 35.5. The number of nitrogens with zero attached hydrogens (tertiary/aromatic N) is 2. The number of rotatable bonds is 3. The number of carbonyl (C=O) groups is 1. The van der Waals surface area contributed by atoms with Crippen LogP contribution in [0, 0.1) is 0 Å². The molecule has 1 amide bonds. The molecule has 0 radical (unpaired) electrons. The van der Waals surface area contributed by atoms with Gasteiger partial charge in [0, 0.05) is 24.6 Å². The molecule has 0 aliphatic heterocycles. The molecule has 0 bridgehead atoms. The Bertz CT molecular complexity index is 516. The number of carbonyl (C=O) groups excluding carboxylic acids is 1. The van der Waals surface area contributed by atoms with Crippen molar-refractivity contribution in [2.45, 2.75) is 19.9 Å². The molecular weight excluding hydrogens is 240 g/mol. The number of hydrogen-bond acceptors (Lipinski definition) is 2. The molecule has 0 spiro atoms. The molecule has 0 atom stereocenters. The van der Waals surface area contributed by atoms with E-state index in [1.54, 1.807) is 24.7 Å². The van der Waals surface area contributed by atoms with Crippen molar-refractivity contribution in [2.75, 3.05) is 5.32 Å². The molecule has 0 aliphatic carbocycles. The van der Waals surface area contributed by atoms with E-state index in [-0.39, 0.29) is 11.9 Å². The SMILES string of the molecule is CC(C)n1cc(Cl)cc1C(=O)Nc1ncc[nH]1. The highest BCUT2D eigenvalue weighted by Gasteiger charge is 2.15. The predicted octanol–water partition coefficient (Wildman–Crippen LogP) is 2.70. The topological polar surface area (TPSA) is 62.7 Å². The average Bonchev–Trinajstić information content (AvgIpc) is 2.86. The van der Waals surface area contributed by atoms with E-state index in [1.807, 2.05) is 18.4 Å². The smallest absolute Gasteiger partial charge is 0.274 e. The Hall–Kier alpha value is -1.75. The number of anilines is 1. The predicted molar refractivity (Wildman–Crippen MR) is 66.4 cm³/mol. The number of nitrogens with one attached hydrogen (secondary N) is 2. The second kappa shape index (κ2) is 4.63. The maximum atomic E-state index is 12.0. The van der Waals surface area contributed by atoms with E-state index in [0.29, 0.717) is 16.7 Å². The minimum absolute atomic E-state index is 0.167. The minimum Gasteiger partial charge on any atom is -0.339 e. The Labute approximate surface area is 104 Å². The van der Waals surface area contributed by atoms with Crippen molar-refractivity contribution in [3.63, 3.8) is 0 Å². The number of imidazole rings is 1. The van der Waals surface area contributed by atoms with Gasteiger partial charge in [-0.15, -0.1) is 0 Å². The molecule has 6 heteroatoms. The summed E-state index contributed by atoms with van der Waals surface area (Å²) in [5.74, 6) is 0.183. The number of amides is 1. The van der Waals surface area contributed by atoms with E-state index in [1.165, 1.54) is 0 Å².